The fourth-order valence-corrected chi connectivity index (χ4v) is 3.39. The quantitative estimate of drug-likeness (QED) is 0.566. The summed E-state index contributed by atoms with van der Waals surface area (Å²) >= 11 is 1.06. The second kappa shape index (κ2) is 8.71. The minimum atomic E-state index is -0.622. The van der Waals surface area contributed by atoms with Gasteiger partial charge in [0.25, 0.3) is 5.91 Å². The zero-order valence-electron chi connectivity index (χ0n) is 15.2. The number of rotatable bonds is 5. The fraction of sp³-hybridized carbons (Fsp3) is 0.150. The SMILES string of the molecule is COC(=O)C=C1SC(=Nc2ccc(F)cc2)N(Cc2ccc(OC)cc2)C1=O. The van der Waals surface area contributed by atoms with Gasteiger partial charge in [0.2, 0.25) is 0 Å². The molecule has 2 aromatic carbocycles. The highest BCUT2D eigenvalue weighted by atomic mass is 32.2. The van der Waals surface area contributed by atoms with Gasteiger partial charge in [-0.05, 0) is 53.7 Å². The van der Waals surface area contributed by atoms with Crippen molar-refractivity contribution in [3.05, 3.63) is 70.9 Å². The molecule has 1 heterocycles. The molecule has 3 rings (SSSR count). The average Bonchev–Trinajstić information content (AvgIpc) is 2.99. The van der Waals surface area contributed by atoms with E-state index >= 15 is 0 Å². The van der Waals surface area contributed by atoms with Crippen molar-refractivity contribution in [1.29, 1.82) is 0 Å². The van der Waals surface area contributed by atoms with Crippen LogP contribution in [-0.2, 0) is 20.9 Å². The largest absolute Gasteiger partial charge is 0.497 e. The molecule has 28 heavy (non-hydrogen) atoms. The molecule has 0 aromatic heterocycles. The van der Waals surface area contributed by atoms with Crippen LogP contribution in [0.3, 0.4) is 0 Å². The predicted octanol–water partition coefficient (Wildman–Crippen LogP) is 3.65. The first-order chi connectivity index (χ1) is 13.5. The van der Waals surface area contributed by atoms with Crippen LogP contribution < -0.4 is 4.74 Å². The third-order valence-electron chi connectivity index (χ3n) is 3.89. The predicted molar refractivity (Wildman–Crippen MR) is 105 cm³/mol. The first-order valence-electron chi connectivity index (χ1n) is 8.26. The summed E-state index contributed by atoms with van der Waals surface area (Å²) in [5.74, 6) is -0.645. The molecular formula is C20H17FN2O4S. The number of aliphatic imine (C=N–C) groups is 1. The minimum Gasteiger partial charge on any atom is -0.497 e. The molecule has 1 fully saturated rings. The third kappa shape index (κ3) is 4.58. The number of methoxy groups -OCH3 is 2. The van der Waals surface area contributed by atoms with E-state index < -0.39 is 5.97 Å². The van der Waals surface area contributed by atoms with Crippen molar-refractivity contribution in [3.8, 4) is 5.75 Å². The van der Waals surface area contributed by atoms with Crippen molar-refractivity contribution in [3.63, 3.8) is 0 Å². The lowest BCUT2D eigenvalue weighted by Gasteiger charge is -2.16. The van der Waals surface area contributed by atoms with Gasteiger partial charge in [0, 0.05) is 6.08 Å². The lowest BCUT2D eigenvalue weighted by molar-refractivity contribution is -0.135. The summed E-state index contributed by atoms with van der Waals surface area (Å²) in [6.45, 7) is 0.258. The van der Waals surface area contributed by atoms with Crippen molar-refractivity contribution in [2.75, 3.05) is 14.2 Å². The summed E-state index contributed by atoms with van der Waals surface area (Å²) in [5, 5.41) is 0.391. The number of amidine groups is 1. The van der Waals surface area contributed by atoms with Gasteiger partial charge in [0.05, 0.1) is 31.4 Å². The number of esters is 1. The van der Waals surface area contributed by atoms with E-state index in [1.54, 1.807) is 19.2 Å². The molecular weight excluding hydrogens is 383 g/mol. The van der Waals surface area contributed by atoms with Crippen molar-refractivity contribution < 1.29 is 23.5 Å². The van der Waals surface area contributed by atoms with Crippen LogP contribution in [0.4, 0.5) is 10.1 Å². The van der Waals surface area contributed by atoms with Crippen LogP contribution in [0.5, 0.6) is 5.75 Å². The molecule has 0 aliphatic carbocycles. The standard InChI is InChI=1S/C20H17FN2O4S/c1-26-16-9-3-13(4-10-16)12-23-19(25)17(11-18(24)27-2)28-20(23)22-15-7-5-14(21)6-8-15/h3-11H,12H2,1-2H3. The van der Waals surface area contributed by atoms with Gasteiger partial charge in [0.15, 0.2) is 5.17 Å². The third-order valence-corrected chi connectivity index (χ3v) is 4.90. The van der Waals surface area contributed by atoms with Crippen molar-refractivity contribution >= 4 is 34.5 Å². The van der Waals surface area contributed by atoms with Gasteiger partial charge in [-0.15, -0.1) is 0 Å². The second-order valence-corrected chi connectivity index (χ2v) is 6.75. The van der Waals surface area contributed by atoms with Gasteiger partial charge in [-0.25, -0.2) is 14.2 Å². The molecule has 1 aliphatic heterocycles. The van der Waals surface area contributed by atoms with Crippen LogP contribution >= 0.6 is 11.8 Å². The summed E-state index contributed by atoms with van der Waals surface area (Å²) in [7, 11) is 2.82. The molecule has 8 heteroatoms. The molecule has 0 bridgehead atoms. The number of nitrogens with zero attached hydrogens (tertiary/aromatic N) is 2. The van der Waals surface area contributed by atoms with Crippen molar-refractivity contribution in [2.24, 2.45) is 4.99 Å². The summed E-state index contributed by atoms with van der Waals surface area (Å²) < 4.78 is 22.9. The Kier molecular flexibility index (Phi) is 6.10. The highest BCUT2D eigenvalue weighted by Gasteiger charge is 2.34. The van der Waals surface area contributed by atoms with Crippen LogP contribution in [0.2, 0.25) is 0 Å². The summed E-state index contributed by atoms with van der Waals surface area (Å²) in [6.07, 6.45) is 1.14. The zero-order chi connectivity index (χ0) is 20.1. The van der Waals surface area contributed by atoms with Gasteiger partial charge in [-0.3, -0.25) is 9.69 Å². The van der Waals surface area contributed by atoms with Crippen LogP contribution in [0.15, 0.2) is 64.5 Å². The Morgan fingerprint density at radius 1 is 1.14 bits per heavy atom. The Labute approximate surface area is 165 Å². The number of amides is 1. The first-order valence-corrected chi connectivity index (χ1v) is 9.08. The maximum atomic E-state index is 13.1. The van der Waals surface area contributed by atoms with E-state index in [-0.39, 0.29) is 23.2 Å². The molecule has 1 amide bonds. The van der Waals surface area contributed by atoms with Gasteiger partial charge in [0.1, 0.15) is 11.6 Å². The first kappa shape index (κ1) is 19.6. The number of benzene rings is 2. The molecule has 0 N–H and O–H groups in total. The van der Waals surface area contributed by atoms with E-state index in [1.807, 2.05) is 12.1 Å². The number of thioether (sulfide) groups is 1. The maximum absolute atomic E-state index is 13.1. The number of ether oxygens (including phenoxy) is 2. The van der Waals surface area contributed by atoms with E-state index in [1.165, 1.54) is 36.3 Å². The van der Waals surface area contributed by atoms with Crippen molar-refractivity contribution in [1.82, 2.24) is 4.90 Å². The minimum absolute atomic E-state index is 0.209. The van der Waals surface area contributed by atoms with E-state index in [9.17, 15) is 14.0 Å². The molecule has 2 aromatic rings. The molecule has 0 atom stereocenters. The van der Waals surface area contributed by atoms with E-state index in [0.29, 0.717) is 16.6 Å². The van der Waals surface area contributed by atoms with E-state index in [2.05, 4.69) is 9.73 Å². The Morgan fingerprint density at radius 3 is 2.43 bits per heavy atom. The molecule has 6 nitrogen and oxygen atoms in total. The smallest absolute Gasteiger partial charge is 0.331 e. The van der Waals surface area contributed by atoms with E-state index in [0.717, 1.165) is 23.4 Å². The van der Waals surface area contributed by atoms with Gasteiger partial charge in [-0.2, -0.15) is 0 Å². The average molecular weight is 400 g/mol. The highest BCUT2D eigenvalue weighted by Crippen LogP contribution is 2.34. The maximum Gasteiger partial charge on any atom is 0.331 e. The van der Waals surface area contributed by atoms with Crippen LogP contribution in [0.25, 0.3) is 0 Å². The van der Waals surface area contributed by atoms with Gasteiger partial charge in [-0.1, -0.05) is 12.1 Å². The van der Waals surface area contributed by atoms with Gasteiger partial charge < -0.3 is 9.47 Å². The normalized spacial score (nSPS) is 16.7. The number of hydrogen-bond acceptors (Lipinski definition) is 6. The lowest BCUT2D eigenvalue weighted by atomic mass is 10.2. The Bertz CT molecular complexity index is 940. The van der Waals surface area contributed by atoms with Crippen molar-refractivity contribution in [2.45, 2.75) is 6.54 Å². The molecule has 144 valence electrons. The van der Waals surface area contributed by atoms with Crippen LogP contribution in [-0.4, -0.2) is 36.2 Å². The molecule has 0 radical (unpaired) electrons. The lowest BCUT2D eigenvalue weighted by Crippen LogP contribution is -2.28. The molecule has 0 saturated carbocycles. The number of hydrogen-bond donors (Lipinski definition) is 0. The highest BCUT2D eigenvalue weighted by molar-refractivity contribution is 8.18. The molecule has 1 saturated heterocycles. The molecule has 0 spiro atoms. The fourth-order valence-electron chi connectivity index (χ4n) is 2.44. The topological polar surface area (TPSA) is 68.2 Å². The van der Waals surface area contributed by atoms with Crippen LogP contribution in [0.1, 0.15) is 5.56 Å². The number of halogens is 1. The Morgan fingerprint density at radius 2 is 1.82 bits per heavy atom. The molecule has 0 unspecified atom stereocenters. The second-order valence-electron chi connectivity index (χ2n) is 5.74. The zero-order valence-corrected chi connectivity index (χ0v) is 16.0. The Balaban J connectivity index is 1.93. The number of carbonyl (C=O) groups is 2. The monoisotopic (exact) mass is 400 g/mol. The Hall–Kier alpha value is -3.13. The van der Waals surface area contributed by atoms with E-state index in [4.69, 9.17) is 4.74 Å². The molecule has 1 aliphatic rings. The summed E-state index contributed by atoms with van der Waals surface area (Å²) in [6, 6.07) is 12.9. The number of carbonyl (C=O) groups excluding carboxylic acids is 2. The summed E-state index contributed by atoms with van der Waals surface area (Å²) in [4.78, 5) is 30.5. The van der Waals surface area contributed by atoms with Gasteiger partial charge >= 0.3 is 5.97 Å². The van der Waals surface area contributed by atoms with Crippen LogP contribution in [0, 0.1) is 5.82 Å². The summed E-state index contributed by atoms with van der Waals surface area (Å²) in [5.41, 5.74) is 1.36.